The van der Waals surface area contributed by atoms with E-state index in [1.165, 1.54) is 18.9 Å². The van der Waals surface area contributed by atoms with Crippen LogP contribution in [0.2, 0.25) is 0 Å². The molecule has 17 heavy (non-hydrogen) atoms. The van der Waals surface area contributed by atoms with Crippen molar-refractivity contribution in [1.82, 2.24) is 5.32 Å². The van der Waals surface area contributed by atoms with Crippen LogP contribution >= 0.6 is 0 Å². The molecule has 0 amide bonds. The SMILES string of the molecule is Fc1ccc2c(c1F)OCCCC2NC1CC1. The third-order valence-corrected chi connectivity index (χ3v) is 3.35. The second-order valence-electron chi connectivity index (χ2n) is 4.76. The largest absolute Gasteiger partial charge is 0.490 e. The Morgan fingerprint density at radius 1 is 1.18 bits per heavy atom. The van der Waals surface area contributed by atoms with Gasteiger partial charge in [-0.15, -0.1) is 0 Å². The molecule has 1 fully saturated rings. The monoisotopic (exact) mass is 239 g/mol. The van der Waals surface area contributed by atoms with E-state index in [0.29, 0.717) is 12.6 Å². The highest BCUT2D eigenvalue weighted by Gasteiger charge is 2.29. The Balaban J connectivity index is 1.96. The molecule has 4 heteroatoms. The third kappa shape index (κ3) is 2.14. The first-order chi connectivity index (χ1) is 8.25. The predicted molar refractivity (Wildman–Crippen MR) is 60.0 cm³/mol. The molecule has 92 valence electrons. The summed E-state index contributed by atoms with van der Waals surface area (Å²) in [7, 11) is 0. The van der Waals surface area contributed by atoms with Crippen molar-refractivity contribution in [2.75, 3.05) is 6.61 Å². The Bertz CT molecular complexity index is 432. The lowest BCUT2D eigenvalue weighted by Crippen LogP contribution is -2.23. The number of fused-ring (bicyclic) bond motifs is 1. The van der Waals surface area contributed by atoms with E-state index in [1.54, 1.807) is 6.07 Å². The minimum absolute atomic E-state index is 0.0927. The van der Waals surface area contributed by atoms with Crippen LogP contribution in [0.3, 0.4) is 0 Å². The van der Waals surface area contributed by atoms with Gasteiger partial charge in [-0.25, -0.2) is 4.39 Å². The van der Waals surface area contributed by atoms with Gasteiger partial charge in [0, 0.05) is 17.6 Å². The lowest BCUT2D eigenvalue weighted by Gasteiger charge is -2.18. The fourth-order valence-corrected chi connectivity index (χ4v) is 2.29. The van der Waals surface area contributed by atoms with Crippen LogP contribution in [-0.4, -0.2) is 12.6 Å². The average molecular weight is 239 g/mol. The van der Waals surface area contributed by atoms with E-state index in [0.717, 1.165) is 18.4 Å². The molecule has 1 atom stereocenters. The first kappa shape index (κ1) is 11.0. The molecule has 1 aliphatic carbocycles. The van der Waals surface area contributed by atoms with E-state index in [1.807, 2.05) is 0 Å². The summed E-state index contributed by atoms with van der Waals surface area (Å²) in [6.07, 6.45) is 4.13. The number of rotatable bonds is 2. The molecule has 0 saturated heterocycles. The zero-order valence-corrected chi connectivity index (χ0v) is 9.51. The number of benzene rings is 1. The maximum absolute atomic E-state index is 13.7. The zero-order valence-electron chi connectivity index (χ0n) is 9.51. The van der Waals surface area contributed by atoms with E-state index in [-0.39, 0.29) is 11.8 Å². The minimum atomic E-state index is -0.855. The number of ether oxygens (including phenoxy) is 1. The first-order valence-corrected chi connectivity index (χ1v) is 6.12. The summed E-state index contributed by atoms with van der Waals surface area (Å²) < 4.78 is 32.2. The Kier molecular flexibility index (Phi) is 2.74. The van der Waals surface area contributed by atoms with Crippen LogP contribution in [0.15, 0.2) is 12.1 Å². The van der Waals surface area contributed by atoms with Crippen LogP contribution in [0.1, 0.15) is 37.3 Å². The van der Waals surface area contributed by atoms with Crippen molar-refractivity contribution in [3.05, 3.63) is 29.3 Å². The molecule has 2 aliphatic rings. The third-order valence-electron chi connectivity index (χ3n) is 3.35. The molecule has 1 heterocycles. The Labute approximate surface area is 99.0 Å². The van der Waals surface area contributed by atoms with Gasteiger partial charge in [-0.3, -0.25) is 0 Å². The fourth-order valence-electron chi connectivity index (χ4n) is 2.29. The van der Waals surface area contributed by atoms with Crippen LogP contribution < -0.4 is 10.1 Å². The molecule has 1 unspecified atom stereocenters. The number of hydrogen-bond acceptors (Lipinski definition) is 2. The smallest absolute Gasteiger partial charge is 0.200 e. The zero-order chi connectivity index (χ0) is 11.8. The maximum Gasteiger partial charge on any atom is 0.200 e. The van der Waals surface area contributed by atoms with Gasteiger partial charge in [0.2, 0.25) is 5.82 Å². The minimum Gasteiger partial charge on any atom is -0.490 e. The molecule has 2 nitrogen and oxygen atoms in total. The van der Waals surface area contributed by atoms with Gasteiger partial charge in [-0.2, -0.15) is 4.39 Å². The molecule has 3 rings (SSSR count). The summed E-state index contributed by atoms with van der Waals surface area (Å²) in [6.45, 7) is 0.455. The lowest BCUT2D eigenvalue weighted by molar-refractivity contribution is 0.295. The van der Waals surface area contributed by atoms with Gasteiger partial charge in [-0.1, -0.05) is 6.07 Å². The van der Waals surface area contributed by atoms with E-state index < -0.39 is 11.6 Å². The maximum atomic E-state index is 13.7. The summed E-state index contributed by atoms with van der Waals surface area (Å²) in [5, 5.41) is 3.47. The standard InChI is InChI=1S/C13H15F2NO/c14-10-6-5-9-11(16-8-3-4-8)2-1-7-17-13(9)12(10)15/h5-6,8,11,16H,1-4,7H2. The van der Waals surface area contributed by atoms with Crippen LogP contribution in [0, 0.1) is 11.6 Å². The van der Waals surface area contributed by atoms with Crippen LogP contribution in [0.5, 0.6) is 5.75 Å². The van der Waals surface area contributed by atoms with Crippen molar-refractivity contribution in [2.24, 2.45) is 0 Å². The highest BCUT2D eigenvalue weighted by Crippen LogP contribution is 2.36. The summed E-state index contributed by atoms with van der Waals surface area (Å²) >= 11 is 0. The van der Waals surface area contributed by atoms with E-state index in [9.17, 15) is 8.78 Å². The normalized spacial score (nSPS) is 23.8. The summed E-state index contributed by atoms with van der Waals surface area (Å²) in [5.41, 5.74) is 0.758. The highest BCUT2D eigenvalue weighted by atomic mass is 19.2. The molecule has 0 aromatic heterocycles. The van der Waals surface area contributed by atoms with Crippen molar-refractivity contribution in [3.8, 4) is 5.75 Å². The predicted octanol–water partition coefficient (Wildman–Crippen LogP) is 2.93. The second-order valence-corrected chi connectivity index (χ2v) is 4.76. The van der Waals surface area contributed by atoms with Crippen LogP contribution in [0.25, 0.3) is 0 Å². The van der Waals surface area contributed by atoms with E-state index in [2.05, 4.69) is 5.32 Å². The van der Waals surface area contributed by atoms with E-state index >= 15 is 0 Å². The van der Waals surface area contributed by atoms with Crippen molar-refractivity contribution in [1.29, 1.82) is 0 Å². The first-order valence-electron chi connectivity index (χ1n) is 6.12. The van der Waals surface area contributed by atoms with Crippen molar-refractivity contribution >= 4 is 0 Å². The van der Waals surface area contributed by atoms with Gasteiger partial charge in [0.25, 0.3) is 0 Å². The number of hydrogen-bond donors (Lipinski definition) is 1. The molecular weight excluding hydrogens is 224 g/mol. The second kappa shape index (κ2) is 4.26. The van der Waals surface area contributed by atoms with Crippen LogP contribution in [0.4, 0.5) is 8.78 Å². The molecule has 1 aromatic rings. The van der Waals surface area contributed by atoms with E-state index in [4.69, 9.17) is 4.74 Å². The molecule has 1 saturated carbocycles. The van der Waals surface area contributed by atoms with Gasteiger partial charge in [0.05, 0.1) is 6.61 Å². The van der Waals surface area contributed by atoms with Crippen molar-refractivity contribution in [3.63, 3.8) is 0 Å². The van der Waals surface area contributed by atoms with Crippen molar-refractivity contribution < 1.29 is 13.5 Å². The molecule has 1 aromatic carbocycles. The molecule has 0 spiro atoms. The van der Waals surface area contributed by atoms with Gasteiger partial charge >= 0.3 is 0 Å². The van der Waals surface area contributed by atoms with Crippen molar-refractivity contribution in [2.45, 2.75) is 37.8 Å². The molecule has 1 N–H and O–H groups in total. The van der Waals surface area contributed by atoms with Gasteiger partial charge in [0.15, 0.2) is 11.6 Å². The Morgan fingerprint density at radius 3 is 2.76 bits per heavy atom. The topological polar surface area (TPSA) is 21.3 Å². The summed E-state index contributed by atoms with van der Waals surface area (Å²) in [5.74, 6) is -1.59. The average Bonchev–Trinajstić information content (AvgIpc) is 3.13. The highest BCUT2D eigenvalue weighted by molar-refractivity contribution is 5.39. The lowest BCUT2D eigenvalue weighted by atomic mass is 10.0. The van der Waals surface area contributed by atoms with Gasteiger partial charge in [-0.05, 0) is 31.7 Å². The van der Waals surface area contributed by atoms with Crippen LogP contribution in [-0.2, 0) is 0 Å². The van der Waals surface area contributed by atoms with Gasteiger partial charge < -0.3 is 10.1 Å². The van der Waals surface area contributed by atoms with Gasteiger partial charge in [0.1, 0.15) is 0 Å². The quantitative estimate of drug-likeness (QED) is 0.856. The molecule has 0 radical (unpaired) electrons. The fraction of sp³-hybridized carbons (Fsp3) is 0.538. The molecular formula is C13H15F2NO. The Hall–Kier alpha value is -1.16. The molecule has 1 aliphatic heterocycles. The summed E-state index contributed by atoms with van der Waals surface area (Å²) in [4.78, 5) is 0. The number of halogens is 2. The Morgan fingerprint density at radius 2 is 2.00 bits per heavy atom. The summed E-state index contributed by atoms with van der Waals surface area (Å²) in [6, 6.07) is 3.46. The molecule has 0 bridgehead atoms. The number of nitrogens with one attached hydrogen (secondary N) is 1.